The van der Waals surface area contributed by atoms with E-state index in [1.165, 1.54) is 10.9 Å². The number of rotatable bonds is 5. The molecule has 86 valence electrons. The Kier molecular flexibility index (Phi) is 3.47. The van der Waals surface area contributed by atoms with Crippen LogP contribution in [0.15, 0.2) is 24.4 Å². The number of aromatic nitrogens is 1. The third-order valence-electron chi connectivity index (χ3n) is 2.70. The monoisotopic (exact) mass is 218 g/mol. The molecule has 3 heteroatoms. The van der Waals surface area contributed by atoms with Crippen LogP contribution in [-0.2, 0) is 6.42 Å². The van der Waals surface area contributed by atoms with Gasteiger partial charge in [0.1, 0.15) is 5.75 Å². The van der Waals surface area contributed by atoms with Crippen molar-refractivity contribution in [3.63, 3.8) is 0 Å². The summed E-state index contributed by atoms with van der Waals surface area (Å²) in [5.41, 5.74) is 7.98. The van der Waals surface area contributed by atoms with Gasteiger partial charge in [-0.3, -0.25) is 0 Å². The van der Waals surface area contributed by atoms with Gasteiger partial charge < -0.3 is 15.5 Å². The van der Waals surface area contributed by atoms with E-state index in [-0.39, 0.29) is 0 Å². The second-order valence-electron chi connectivity index (χ2n) is 3.82. The Labute approximate surface area is 95.6 Å². The average molecular weight is 218 g/mol. The summed E-state index contributed by atoms with van der Waals surface area (Å²) in [6.45, 7) is 3.43. The second kappa shape index (κ2) is 5.03. The third-order valence-corrected chi connectivity index (χ3v) is 2.70. The first-order valence-electron chi connectivity index (χ1n) is 5.78. The lowest BCUT2D eigenvalue weighted by Crippen LogP contribution is -2.00. The molecule has 0 aliphatic heterocycles. The van der Waals surface area contributed by atoms with Gasteiger partial charge in [-0.25, -0.2) is 0 Å². The van der Waals surface area contributed by atoms with Crippen LogP contribution in [0.4, 0.5) is 0 Å². The van der Waals surface area contributed by atoms with Gasteiger partial charge in [0.05, 0.1) is 6.61 Å². The maximum absolute atomic E-state index is 5.65. The van der Waals surface area contributed by atoms with E-state index < -0.39 is 0 Å². The average Bonchev–Trinajstić information content (AvgIpc) is 2.71. The molecule has 1 aromatic heterocycles. The number of hydrogen-bond acceptors (Lipinski definition) is 2. The number of benzene rings is 1. The highest BCUT2D eigenvalue weighted by molar-refractivity contribution is 5.89. The zero-order valence-electron chi connectivity index (χ0n) is 9.62. The number of hydrogen-bond donors (Lipinski definition) is 2. The Hall–Kier alpha value is -1.48. The first kappa shape index (κ1) is 11.0. The van der Waals surface area contributed by atoms with Gasteiger partial charge in [-0.2, -0.15) is 0 Å². The molecular formula is C13H18N2O. The van der Waals surface area contributed by atoms with E-state index in [4.69, 9.17) is 10.5 Å². The van der Waals surface area contributed by atoms with E-state index >= 15 is 0 Å². The zero-order valence-corrected chi connectivity index (χ0v) is 9.62. The molecule has 0 unspecified atom stereocenters. The number of fused-ring (bicyclic) bond motifs is 1. The van der Waals surface area contributed by atoms with Crippen molar-refractivity contribution in [2.75, 3.05) is 13.2 Å². The van der Waals surface area contributed by atoms with Gasteiger partial charge in [0.15, 0.2) is 0 Å². The summed E-state index contributed by atoms with van der Waals surface area (Å²) in [5.74, 6) is 0.966. The Morgan fingerprint density at radius 1 is 1.38 bits per heavy atom. The van der Waals surface area contributed by atoms with Crippen molar-refractivity contribution in [3.8, 4) is 5.75 Å². The zero-order chi connectivity index (χ0) is 11.4. The van der Waals surface area contributed by atoms with Crippen LogP contribution in [0.5, 0.6) is 5.75 Å². The molecule has 3 N–H and O–H groups in total. The largest absolute Gasteiger partial charge is 0.493 e. The van der Waals surface area contributed by atoms with Crippen LogP contribution in [0.1, 0.15) is 18.9 Å². The lowest BCUT2D eigenvalue weighted by atomic mass is 10.1. The first-order chi connectivity index (χ1) is 7.86. The van der Waals surface area contributed by atoms with Crippen molar-refractivity contribution >= 4 is 10.9 Å². The minimum Gasteiger partial charge on any atom is -0.493 e. The smallest absolute Gasteiger partial charge is 0.128 e. The molecule has 16 heavy (non-hydrogen) atoms. The van der Waals surface area contributed by atoms with Crippen molar-refractivity contribution < 1.29 is 4.74 Å². The van der Waals surface area contributed by atoms with Gasteiger partial charge in [-0.1, -0.05) is 6.07 Å². The molecule has 0 aliphatic rings. The molecule has 0 atom stereocenters. The highest BCUT2D eigenvalue weighted by Gasteiger charge is 2.08. The number of aryl methyl sites for hydroxylation is 1. The fourth-order valence-corrected chi connectivity index (χ4v) is 1.99. The Balaban J connectivity index is 2.41. The normalized spacial score (nSPS) is 10.9. The minimum atomic E-state index is 0.695. The fourth-order valence-electron chi connectivity index (χ4n) is 1.99. The Morgan fingerprint density at radius 3 is 3.00 bits per heavy atom. The van der Waals surface area contributed by atoms with Crippen LogP contribution in [0, 0.1) is 0 Å². The van der Waals surface area contributed by atoms with Crippen molar-refractivity contribution in [2.24, 2.45) is 5.73 Å². The number of nitrogens with two attached hydrogens (primary N) is 1. The molecule has 1 aromatic carbocycles. The summed E-state index contributed by atoms with van der Waals surface area (Å²) in [6.07, 6.45) is 4.07. The molecule has 0 aliphatic carbocycles. The van der Waals surface area contributed by atoms with Crippen molar-refractivity contribution in [2.45, 2.75) is 19.8 Å². The van der Waals surface area contributed by atoms with E-state index in [2.05, 4.69) is 17.2 Å². The molecule has 0 saturated carbocycles. The van der Waals surface area contributed by atoms with Crippen molar-refractivity contribution in [1.29, 1.82) is 0 Å². The van der Waals surface area contributed by atoms with E-state index in [9.17, 15) is 0 Å². The highest BCUT2D eigenvalue weighted by Crippen LogP contribution is 2.29. The first-order valence-corrected chi connectivity index (χ1v) is 5.78. The summed E-state index contributed by atoms with van der Waals surface area (Å²) in [7, 11) is 0. The number of ether oxygens (including phenoxy) is 1. The summed E-state index contributed by atoms with van der Waals surface area (Å²) in [6, 6.07) is 6.10. The van der Waals surface area contributed by atoms with Crippen LogP contribution in [0.25, 0.3) is 10.9 Å². The number of aromatic amines is 1. The van der Waals surface area contributed by atoms with Crippen molar-refractivity contribution in [3.05, 3.63) is 30.0 Å². The lowest BCUT2D eigenvalue weighted by Gasteiger charge is -2.06. The highest BCUT2D eigenvalue weighted by atomic mass is 16.5. The predicted octanol–water partition coefficient (Wildman–Crippen LogP) is 2.46. The molecule has 0 saturated heterocycles. The van der Waals surface area contributed by atoms with Gasteiger partial charge in [-0.15, -0.1) is 0 Å². The molecule has 0 radical (unpaired) electrons. The third kappa shape index (κ3) is 2.04. The fraction of sp³-hybridized carbons (Fsp3) is 0.385. The van der Waals surface area contributed by atoms with E-state index in [0.29, 0.717) is 6.61 Å². The van der Waals surface area contributed by atoms with Crippen molar-refractivity contribution in [1.82, 2.24) is 4.98 Å². The summed E-state index contributed by atoms with van der Waals surface area (Å²) >= 11 is 0. The maximum Gasteiger partial charge on any atom is 0.128 e. The Bertz CT molecular complexity index is 462. The minimum absolute atomic E-state index is 0.695. The molecule has 0 amide bonds. The molecule has 0 bridgehead atoms. The SMILES string of the molecule is CCOc1cccc2[nH]cc(CCCN)c12. The van der Waals surface area contributed by atoms with Crippen LogP contribution in [0.2, 0.25) is 0 Å². The molecule has 0 fully saturated rings. The topological polar surface area (TPSA) is 51.0 Å². The standard InChI is InChI=1S/C13H18N2O/c1-2-16-12-7-3-6-11-13(12)10(9-15-11)5-4-8-14/h3,6-7,9,15H,2,4-5,8,14H2,1H3. The molecule has 1 heterocycles. The summed E-state index contributed by atoms with van der Waals surface area (Å²) in [5, 5.41) is 1.21. The molecule has 2 rings (SSSR count). The Morgan fingerprint density at radius 2 is 2.25 bits per heavy atom. The number of nitrogens with one attached hydrogen (secondary N) is 1. The van der Waals surface area contributed by atoms with Crippen LogP contribution in [0.3, 0.4) is 0 Å². The van der Waals surface area contributed by atoms with E-state index in [1.807, 2.05) is 19.1 Å². The van der Waals surface area contributed by atoms with E-state index in [1.54, 1.807) is 0 Å². The van der Waals surface area contributed by atoms with Gasteiger partial charge in [-0.05, 0) is 44.0 Å². The van der Waals surface area contributed by atoms with Gasteiger partial charge in [0.2, 0.25) is 0 Å². The maximum atomic E-state index is 5.65. The van der Waals surface area contributed by atoms with Gasteiger partial charge in [0.25, 0.3) is 0 Å². The lowest BCUT2D eigenvalue weighted by molar-refractivity contribution is 0.344. The quantitative estimate of drug-likeness (QED) is 0.810. The molecule has 2 aromatic rings. The number of H-pyrrole nitrogens is 1. The summed E-state index contributed by atoms with van der Waals surface area (Å²) in [4.78, 5) is 3.28. The van der Waals surface area contributed by atoms with Gasteiger partial charge in [0, 0.05) is 17.1 Å². The second-order valence-corrected chi connectivity index (χ2v) is 3.82. The van der Waals surface area contributed by atoms with E-state index in [0.717, 1.165) is 30.7 Å². The van der Waals surface area contributed by atoms with Crippen LogP contribution >= 0.6 is 0 Å². The molecular weight excluding hydrogens is 200 g/mol. The predicted molar refractivity (Wildman–Crippen MR) is 66.8 cm³/mol. The van der Waals surface area contributed by atoms with Crippen LogP contribution in [-0.4, -0.2) is 18.1 Å². The molecule has 0 spiro atoms. The van der Waals surface area contributed by atoms with Gasteiger partial charge >= 0.3 is 0 Å². The molecule has 3 nitrogen and oxygen atoms in total. The van der Waals surface area contributed by atoms with Crippen LogP contribution < -0.4 is 10.5 Å². The summed E-state index contributed by atoms with van der Waals surface area (Å²) < 4.78 is 5.65.